The number of aliphatic hydroxyl groups is 1. The second kappa shape index (κ2) is 7.06. The van der Waals surface area contributed by atoms with Gasteiger partial charge in [0.2, 0.25) is 0 Å². The van der Waals surface area contributed by atoms with Crippen LogP contribution in [-0.4, -0.2) is 40.6 Å². The van der Waals surface area contributed by atoms with E-state index in [4.69, 9.17) is 5.11 Å². The SMILES string of the molecule is CN(C(=O)c1cncc(C#CCO)c1)C1CCCCC1. The summed E-state index contributed by atoms with van der Waals surface area (Å²) in [5.41, 5.74) is 1.21. The maximum absolute atomic E-state index is 12.5. The molecule has 1 amide bonds. The highest BCUT2D eigenvalue weighted by Crippen LogP contribution is 2.22. The molecule has 1 aliphatic carbocycles. The first kappa shape index (κ1) is 14.5. The predicted octanol–water partition coefficient (Wildman–Crippen LogP) is 1.83. The van der Waals surface area contributed by atoms with Gasteiger partial charge in [-0.15, -0.1) is 0 Å². The van der Waals surface area contributed by atoms with Crippen LogP contribution in [0.5, 0.6) is 0 Å². The molecular formula is C16H20N2O2. The Morgan fingerprint density at radius 2 is 2.15 bits per heavy atom. The third-order valence-corrected chi connectivity index (χ3v) is 3.74. The molecule has 1 saturated carbocycles. The van der Waals surface area contributed by atoms with Crippen molar-refractivity contribution in [2.45, 2.75) is 38.1 Å². The molecule has 0 aromatic carbocycles. The molecule has 2 rings (SSSR count). The summed E-state index contributed by atoms with van der Waals surface area (Å²) in [5, 5.41) is 8.70. The lowest BCUT2D eigenvalue weighted by molar-refractivity contribution is 0.0696. The van der Waals surface area contributed by atoms with Crippen molar-refractivity contribution in [3.8, 4) is 11.8 Å². The van der Waals surface area contributed by atoms with Crippen LogP contribution in [-0.2, 0) is 0 Å². The molecule has 1 aromatic rings. The first-order valence-electron chi connectivity index (χ1n) is 7.04. The Labute approximate surface area is 119 Å². The molecule has 1 fully saturated rings. The van der Waals surface area contributed by atoms with Crippen LogP contribution >= 0.6 is 0 Å². The van der Waals surface area contributed by atoms with Crippen LogP contribution in [0.25, 0.3) is 0 Å². The standard InChI is InChI=1S/C16H20N2O2/c1-18(15-7-3-2-4-8-15)16(20)14-10-13(6-5-9-19)11-17-12-14/h10-12,15,19H,2-4,7-9H2,1H3. The predicted molar refractivity (Wildman–Crippen MR) is 77.2 cm³/mol. The van der Waals surface area contributed by atoms with Crippen LogP contribution in [0.15, 0.2) is 18.5 Å². The van der Waals surface area contributed by atoms with E-state index in [0.29, 0.717) is 17.2 Å². The Hall–Kier alpha value is -1.86. The number of amides is 1. The van der Waals surface area contributed by atoms with E-state index in [-0.39, 0.29) is 12.5 Å². The van der Waals surface area contributed by atoms with E-state index in [1.807, 2.05) is 11.9 Å². The van der Waals surface area contributed by atoms with E-state index in [1.54, 1.807) is 18.5 Å². The molecule has 1 aromatic heterocycles. The summed E-state index contributed by atoms with van der Waals surface area (Å²) < 4.78 is 0. The molecule has 4 nitrogen and oxygen atoms in total. The maximum Gasteiger partial charge on any atom is 0.255 e. The Morgan fingerprint density at radius 3 is 2.85 bits per heavy atom. The molecule has 0 unspecified atom stereocenters. The number of rotatable bonds is 2. The summed E-state index contributed by atoms with van der Waals surface area (Å²) in [6.07, 6.45) is 9.00. The van der Waals surface area contributed by atoms with Gasteiger partial charge in [0.15, 0.2) is 0 Å². The van der Waals surface area contributed by atoms with E-state index in [2.05, 4.69) is 16.8 Å². The summed E-state index contributed by atoms with van der Waals surface area (Å²) in [5.74, 6) is 5.34. The average Bonchev–Trinajstić information content (AvgIpc) is 2.52. The maximum atomic E-state index is 12.5. The zero-order valence-corrected chi connectivity index (χ0v) is 11.8. The third kappa shape index (κ3) is 3.58. The highest BCUT2D eigenvalue weighted by molar-refractivity contribution is 5.94. The smallest absolute Gasteiger partial charge is 0.255 e. The molecule has 1 heterocycles. The van der Waals surface area contributed by atoms with Gasteiger partial charge in [-0.1, -0.05) is 31.1 Å². The van der Waals surface area contributed by atoms with Crippen LogP contribution in [0.3, 0.4) is 0 Å². The zero-order chi connectivity index (χ0) is 14.4. The van der Waals surface area contributed by atoms with E-state index >= 15 is 0 Å². The van der Waals surface area contributed by atoms with Gasteiger partial charge in [-0.25, -0.2) is 0 Å². The van der Waals surface area contributed by atoms with Gasteiger partial charge in [-0.3, -0.25) is 9.78 Å². The molecule has 1 aliphatic rings. The molecule has 0 saturated heterocycles. The molecule has 0 bridgehead atoms. The van der Waals surface area contributed by atoms with Crippen molar-refractivity contribution < 1.29 is 9.90 Å². The number of nitrogens with zero attached hydrogens (tertiary/aromatic N) is 2. The minimum absolute atomic E-state index is 0.00273. The summed E-state index contributed by atoms with van der Waals surface area (Å²) >= 11 is 0. The van der Waals surface area contributed by atoms with Crippen molar-refractivity contribution in [1.82, 2.24) is 9.88 Å². The fraction of sp³-hybridized carbons (Fsp3) is 0.500. The Balaban J connectivity index is 2.11. The normalized spacial score (nSPS) is 15.3. The van der Waals surface area contributed by atoms with Crippen molar-refractivity contribution in [3.05, 3.63) is 29.6 Å². The van der Waals surface area contributed by atoms with Crippen LogP contribution in [0.1, 0.15) is 48.0 Å². The lowest BCUT2D eigenvalue weighted by Gasteiger charge is -2.31. The molecule has 106 valence electrons. The molecule has 4 heteroatoms. The lowest BCUT2D eigenvalue weighted by Crippen LogP contribution is -2.38. The van der Waals surface area contributed by atoms with E-state index in [0.717, 1.165) is 12.8 Å². The summed E-state index contributed by atoms with van der Waals surface area (Å²) in [7, 11) is 1.87. The van der Waals surface area contributed by atoms with Crippen molar-refractivity contribution >= 4 is 5.91 Å². The monoisotopic (exact) mass is 272 g/mol. The lowest BCUT2D eigenvalue weighted by atomic mass is 9.94. The van der Waals surface area contributed by atoms with E-state index in [1.165, 1.54) is 19.3 Å². The van der Waals surface area contributed by atoms with Gasteiger partial charge in [0, 0.05) is 31.0 Å². The van der Waals surface area contributed by atoms with Crippen LogP contribution in [0.4, 0.5) is 0 Å². The molecule has 20 heavy (non-hydrogen) atoms. The van der Waals surface area contributed by atoms with Crippen molar-refractivity contribution in [2.75, 3.05) is 13.7 Å². The summed E-state index contributed by atoms with van der Waals surface area (Å²) in [4.78, 5) is 18.3. The zero-order valence-electron chi connectivity index (χ0n) is 11.8. The van der Waals surface area contributed by atoms with E-state index in [9.17, 15) is 4.79 Å². The highest BCUT2D eigenvalue weighted by Gasteiger charge is 2.23. The van der Waals surface area contributed by atoms with Crippen molar-refractivity contribution in [2.24, 2.45) is 0 Å². The number of hydrogen-bond acceptors (Lipinski definition) is 3. The first-order chi connectivity index (χ1) is 9.72. The average molecular weight is 272 g/mol. The fourth-order valence-electron chi connectivity index (χ4n) is 2.60. The second-order valence-corrected chi connectivity index (χ2v) is 5.13. The topological polar surface area (TPSA) is 53.4 Å². The summed E-state index contributed by atoms with van der Waals surface area (Å²) in [6.45, 7) is -0.194. The number of aromatic nitrogens is 1. The van der Waals surface area contributed by atoms with Gasteiger partial charge in [-0.2, -0.15) is 0 Å². The van der Waals surface area contributed by atoms with Gasteiger partial charge < -0.3 is 10.0 Å². The number of carbonyl (C=O) groups is 1. The molecule has 1 N–H and O–H groups in total. The molecule has 0 radical (unpaired) electrons. The Morgan fingerprint density at radius 1 is 1.40 bits per heavy atom. The van der Waals surface area contributed by atoms with Gasteiger partial charge >= 0.3 is 0 Å². The van der Waals surface area contributed by atoms with Gasteiger partial charge in [0.05, 0.1) is 5.56 Å². The second-order valence-electron chi connectivity index (χ2n) is 5.13. The first-order valence-corrected chi connectivity index (χ1v) is 7.04. The van der Waals surface area contributed by atoms with Gasteiger partial charge in [0.1, 0.15) is 6.61 Å². The van der Waals surface area contributed by atoms with Crippen LogP contribution in [0.2, 0.25) is 0 Å². The molecule has 0 atom stereocenters. The Bertz CT molecular complexity index is 525. The number of carbonyl (C=O) groups excluding carboxylic acids is 1. The van der Waals surface area contributed by atoms with Gasteiger partial charge in [-0.05, 0) is 18.9 Å². The minimum atomic E-state index is -0.194. The van der Waals surface area contributed by atoms with E-state index < -0.39 is 0 Å². The van der Waals surface area contributed by atoms with Crippen molar-refractivity contribution in [3.63, 3.8) is 0 Å². The molecule has 0 aliphatic heterocycles. The van der Waals surface area contributed by atoms with Crippen LogP contribution in [0, 0.1) is 11.8 Å². The highest BCUT2D eigenvalue weighted by atomic mass is 16.2. The number of hydrogen-bond donors (Lipinski definition) is 1. The van der Waals surface area contributed by atoms with Crippen molar-refractivity contribution in [1.29, 1.82) is 0 Å². The quantitative estimate of drug-likeness (QED) is 0.836. The molecule has 0 spiro atoms. The van der Waals surface area contributed by atoms with Crippen LogP contribution < -0.4 is 0 Å². The fourth-order valence-corrected chi connectivity index (χ4v) is 2.60. The largest absolute Gasteiger partial charge is 0.384 e. The molecular weight excluding hydrogens is 252 g/mol. The Kier molecular flexibility index (Phi) is 5.14. The summed E-state index contributed by atoms with van der Waals surface area (Å²) in [6, 6.07) is 2.07. The van der Waals surface area contributed by atoms with Gasteiger partial charge in [0.25, 0.3) is 5.91 Å². The number of pyridine rings is 1. The minimum Gasteiger partial charge on any atom is -0.384 e. The third-order valence-electron chi connectivity index (χ3n) is 3.74. The number of aliphatic hydroxyl groups excluding tert-OH is 1.